The lowest BCUT2D eigenvalue weighted by molar-refractivity contribution is -0.384. The summed E-state index contributed by atoms with van der Waals surface area (Å²) in [5, 5.41) is 10.8. The van der Waals surface area contributed by atoms with Gasteiger partial charge in [0.15, 0.2) is 0 Å². The molecule has 5 heteroatoms. The summed E-state index contributed by atoms with van der Waals surface area (Å²) in [6.45, 7) is 1.33. The van der Waals surface area contributed by atoms with Gasteiger partial charge in [0.2, 0.25) is 0 Å². The van der Waals surface area contributed by atoms with Crippen LogP contribution in [0.1, 0.15) is 35.3 Å². The number of non-ortho nitro benzene ring substituents is 1. The molecular formula is C18H17NO4. The summed E-state index contributed by atoms with van der Waals surface area (Å²) >= 11 is 0. The van der Waals surface area contributed by atoms with E-state index in [-0.39, 0.29) is 28.7 Å². The lowest BCUT2D eigenvalue weighted by Gasteiger charge is -2.24. The number of ether oxygens (including phenoxy) is 2. The van der Waals surface area contributed by atoms with E-state index in [1.54, 1.807) is 12.1 Å². The van der Waals surface area contributed by atoms with E-state index >= 15 is 0 Å². The van der Waals surface area contributed by atoms with Gasteiger partial charge >= 0.3 is 0 Å². The largest absolute Gasteiger partial charge is 0.373 e. The van der Waals surface area contributed by atoms with E-state index in [0.29, 0.717) is 13.2 Å². The molecule has 23 heavy (non-hydrogen) atoms. The molecule has 0 aromatic heterocycles. The topological polar surface area (TPSA) is 61.6 Å². The van der Waals surface area contributed by atoms with Gasteiger partial charge < -0.3 is 9.47 Å². The van der Waals surface area contributed by atoms with Gasteiger partial charge in [-0.2, -0.15) is 0 Å². The number of nitro groups is 1. The van der Waals surface area contributed by atoms with Gasteiger partial charge in [-0.05, 0) is 35.2 Å². The minimum absolute atomic E-state index is 0.0360. The van der Waals surface area contributed by atoms with Crippen molar-refractivity contribution in [3.63, 3.8) is 0 Å². The first kappa shape index (κ1) is 14.4. The minimum atomic E-state index is -0.382. The molecule has 5 nitrogen and oxygen atoms in total. The van der Waals surface area contributed by atoms with Crippen LogP contribution in [0.5, 0.6) is 0 Å². The van der Waals surface area contributed by atoms with E-state index in [9.17, 15) is 10.1 Å². The fourth-order valence-electron chi connectivity index (χ4n) is 3.61. The second kappa shape index (κ2) is 5.76. The molecule has 1 saturated heterocycles. The average Bonchev–Trinajstić information content (AvgIpc) is 3.21. The number of fused-ring (bicyclic) bond motifs is 1. The summed E-state index contributed by atoms with van der Waals surface area (Å²) in [6, 6.07) is 15.0. The zero-order chi connectivity index (χ0) is 15.8. The van der Waals surface area contributed by atoms with E-state index in [4.69, 9.17) is 9.47 Å². The third kappa shape index (κ3) is 2.52. The number of nitrogens with zero attached hydrogens (tertiary/aromatic N) is 1. The maximum atomic E-state index is 10.8. The molecule has 4 rings (SSSR count). The number of hydrogen-bond donors (Lipinski definition) is 0. The van der Waals surface area contributed by atoms with Crippen molar-refractivity contribution in [1.82, 2.24) is 0 Å². The molecule has 0 radical (unpaired) electrons. The fourth-order valence-corrected chi connectivity index (χ4v) is 3.61. The highest BCUT2D eigenvalue weighted by atomic mass is 16.6. The van der Waals surface area contributed by atoms with E-state index in [2.05, 4.69) is 12.1 Å². The Kier molecular flexibility index (Phi) is 3.59. The summed E-state index contributed by atoms with van der Waals surface area (Å²) in [6.07, 6.45) is 0.890. The Morgan fingerprint density at radius 3 is 2.57 bits per heavy atom. The van der Waals surface area contributed by atoms with Crippen molar-refractivity contribution < 1.29 is 14.4 Å². The highest BCUT2D eigenvalue weighted by molar-refractivity contribution is 5.36. The Labute approximate surface area is 134 Å². The first-order chi connectivity index (χ1) is 11.2. The maximum absolute atomic E-state index is 10.8. The first-order valence-corrected chi connectivity index (χ1v) is 7.79. The fraction of sp³-hybridized carbons (Fsp3) is 0.333. The summed E-state index contributed by atoms with van der Waals surface area (Å²) < 4.78 is 12.0. The van der Waals surface area contributed by atoms with Gasteiger partial charge in [-0.15, -0.1) is 0 Å². The van der Waals surface area contributed by atoms with Crippen molar-refractivity contribution in [3.8, 4) is 0 Å². The zero-order valence-electron chi connectivity index (χ0n) is 12.6. The van der Waals surface area contributed by atoms with Crippen LogP contribution in [-0.4, -0.2) is 11.5 Å². The van der Waals surface area contributed by atoms with Crippen molar-refractivity contribution in [3.05, 3.63) is 75.3 Å². The molecule has 2 aliphatic heterocycles. The van der Waals surface area contributed by atoms with Crippen molar-refractivity contribution >= 4 is 5.69 Å². The second-order valence-corrected chi connectivity index (χ2v) is 6.02. The van der Waals surface area contributed by atoms with Gasteiger partial charge in [0.1, 0.15) is 0 Å². The zero-order valence-corrected chi connectivity index (χ0v) is 12.6. The van der Waals surface area contributed by atoms with E-state index < -0.39 is 0 Å². The van der Waals surface area contributed by atoms with Crippen LogP contribution in [0.3, 0.4) is 0 Å². The van der Waals surface area contributed by atoms with E-state index in [0.717, 1.165) is 12.0 Å². The SMILES string of the molecule is O=[N+]([O-])c1ccc([C@@H]2OCC[C@H]2[C@H]2OCc3ccccc32)cc1. The summed E-state index contributed by atoms with van der Waals surface area (Å²) in [5.41, 5.74) is 3.57. The molecule has 2 aromatic carbocycles. The standard InChI is InChI=1S/C18H17NO4/c20-19(21)14-7-5-12(6-8-14)17-16(9-10-22-17)18-15-4-2-1-3-13(15)11-23-18/h1-8,16-18H,9-11H2/t16-,17+,18+/m1/s1. The van der Waals surface area contributed by atoms with Gasteiger partial charge in [0, 0.05) is 24.7 Å². The molecule has 2 aromatic rings. The lowest BCUT2D eigenvalue weighted by atomic mass is 9.86. The summed E-state index contributed by atoms with van der Waals surface area (Å²) in [5.74, 6) is 0.236. The van der Waals surface area contributed by atoms with Gasteiger partial charge in [-0.25, -0.2) is 0 Å². The van der Waals surface area contributed by atoms with Crippen molar-refractivity contribution in [1.29, 1.82) is 0 Å². The quantitative estimate of drug-likeness (QED) is 0.636. The van der Waals surface area contributed by atoms with Crippen LogP contribution >= 0.6 is 0 Å². The van der Waals surface area contributed by atoms with Crippen molar-refractivity contribution in [2.45, 2.75) is 25.2 Å². The third-order valence-corrected chi connectivity index (χ3v) is 4.74. The number of nitro benzene ring substituents is 1. The molecule has 2 heterocycles. The van der Waals surface area contributed by atoms with Crippen molar-refractivity contribution in [2.75, 3.05) is 6.61 Å². The first-order valence-electron chi connectivity index (χ1n) is 7.79. The van der Waals surface area contributed by atoms with Crippen LogP contribution in [0.4, 0.5) is 5.69 Å². The molecule has 2 aliphatic rings. The molecule has 0 saturated carbocycles. The highest BCUT2D eigenvalue weighted by Crippen LogP contribution is 2.47. The molecule has 0 aliphatic carbocycles. The van der Waals surface area contributed by atoms with E-state index in [1.807, 2.05) is 12.1 Å². The monoisotopic (exact) mass is 311 g/mol. The van der Waals surface area contributed by atoms with Gasteiger partial charge in [-0.3, -0.25) is 10.1 Å². The van der Waals surface area contributed by atoms with Gasteiger partial charge in [0.05, 0.1) is 23.7 Å². The molecular weight excluding hydrogens is 294 g/mol. The van der Waals surface area contributed by atoms with Crippen LogP contribution in [-0.2, 0) is 16.1 Å². The lowest BCUT2D eigenvalue weighted by Crippen LogP contribution is -2.16. The van der Waals surface area contributed by atoms with Gasteiger partial charge in [-0.1, -0.05) is 24.3 Å². The van der Waals surface area contributed by atoms with Crippen LogP contribution in [0.2, 0.25) is 0 Å². The van der Waals surface area contributed by atoms with E-state index in [1.165, 1.54) is 23.3 Å². The van der Waals surface area contributed by atoms with Crippen LogP contribution in [0, 0.1) is 16.0 Å². The third-order valence-electron chi connectivity index (χ3n) is 4.74. The van der Waals surface area contributed by atoms with Gasteiger partial charge in [0.25, 0.3) is 5.69 Å². The molecule has 3 atom stereocenters. The maximum Gasteiger partial charge on any atom is 0.269 e. The molecule has 0 amide bonds. The predicted octanol–water partition coefficient (Wildman–Crippen LogP) is 3.94. The summed E-state index contributed by atoms with van der Waals surface area (Å²) in [4.78, 5) is 10.4. The molecule has 0 bridgehead atoms. The molecule has 0 spiro atoms. The Morgan fingerprint density at radius 2 is 1.78 bits per heavy atom. The van der Waals surface area contributed by atoms with Crippen molar-refractivity contribution in [2.24, 2.45) is 5.92 Å². The highest BCUT2D eigenvalue weighted by Gasteiger charge is 2.40. The van der Waals surface area contributed by atoms with Crippen LogP contribution in [0.15, 0.2) is 48.5 Å². The smallest absolute Gasteiger partial charge is 0.269 e. The normalized spacial score (nSPS) is 26.2. The number of rotatable bonds is 3. The average molecular weight is 311 g/mol. The Bertz CT molecular complexity index is 728. The van der Waals surface area contributed by atoms with Crippen LogP contribution in [0.25, 0.3) is 0 Å². The second-order valence-electron chi connectivity index (χ2n) is 6.02. The molecule has 118 valence electrons. The molecule has 0 unspecified atom stereocenters. The molecule has 0 N–H and O–H groups in total. The number of benzene rings is 2. The molecule has 1 fully saturated rings. The summed E-state index contributed by atoms with van der Waals surface area (Å²) in [7, 11) is 0. The Balaban J connectivity index is 1.61. The Hall–Kier alpha value is -2.24. The Morgan fingerprint density at radius 1 is 1.00 bits per heavy atom. The predicted molar refractivity (Wildman–Crippen MR) is 83.9 cm³/mol. The minimum Gasteiger partial charge on any atom is -0.373 e. The number of hydrogen-bond acceptors (Lipinski definition) is 4. The van der Waals surface area contributed by atoms with Crippen LogP contribution < -0.4 is 0 Å².